The fourth-order valence-electron chi connectivity index (χ4n) is 1.60. The highest BCUT2D eigenvalue weighted by Crippen LogP contribution is 2.22. The fraction of sp³-hybridized carbons (Fsp3) is 0.250. The molecule has 1 aromatic carbocycles. The summed E-state index contributed by atoms with van der Waals surface area (Å²) in [6.07, 6.45) is 0. The summed E-state index contributed by atoms with van der Waals surface area (Å²) in [5.41, 5.74) is 2.35. The lowest BCUT2D eigenvalue weighted by molar-refractivity contribution is 0.415. The Hall–Kier alpha value is -1.55. The number of methoxy groups -OCH3 is 1. The van der Waals surface area contributed by atoms with Crippen LogP contribution >= 0.6 is 11.3 Å². The van der Waals surface area contributed by atoms with Crippen molar-refractivity contribution in [3.8, 4) is 17.0 Å². The van der Waals surface area contributed by atoms with E-state index in [0.717, 1.165) is 10.6 Å². The van der Waals surface area contributed by atoms with Crippen LogP contribution in [-0.4, -0.2) is 18.7 Å². The molecule has 16 heavy (non-hydrogen) atoms. The molecule has 2 aromatic rings. The fourth-order valence-corrected chi connectivity index (χ4v) is 2.47. The van der Waals surface area contributed by atoms with E-state index >= 15 is 0 Å². The number of benzene rings is 1. The van der Waals surface area contributed by atoms with Crippen molar-refractivity contribution in [2.45, 2.75) is 0 Å². The van der Waals surface area contributed by atoms with E-state index in [-0.39, 0.29) is 0 Å². The summed E-state index contributed by atoms with van der Waals surface area (Å²) in [6, 6.07) is 8.05. The van der Waals surface area contributed by atoms with E-state index in [1.165, 1.54) is 11.3 Å². The standard InChI is InChI=1S/C12H14N2OS/c1-13-12-14(2)11(8-16-12)9-4-6-10(15-3)7-5-9/h4-8H,1-3H3. The van der Waals surface area contributed by atoms with Crippen LogP contribution in [-0.2, 0) is 7.05 Å². The van der Waals surface area contributed by atoms with E-state index in [1.54, 1.807) is 18.4 Å². The summed E-state index contributed by atoms with van der Waals surface area (Å²) >= 11 is 1.65. The van der Waals surface area contributed by atoms with Crippen LogP contribution in [0, 0.1) is 0 Å². The first-order valence-electron chi connectivity index (χ1n) is 4.98. The molecule has 0 aliphatic carbocycles. The Balaban J connectivity index is 2.46. The van der Waals surface area contributed by atoms with Crippen LogP contribution < -0.4 is 9.54 Å². The quantitative estimate of drug-likeness (QED) is 0.783. The van der Waals surface area contributed by atoms with Crippen molar-refractivity contribution in [1.82, 2.24) is 4.57 Å². The van der Waals surface area contributed by atoms with Crippen molar-refractivity contribution in [1.29, 1.82) is 0 Å². The van der Waals surface area contributed by atoms with Crippen LogP contribution in [0.2, 0.25) is 0 Å². The van der Waals surface area contributed by atoms with Crippen LogP contribution in [0.3, 0.4) is 0 Å². The van der Waals surface area contributed by atoms with Crippen molar-refractivity contribution < 1.29 is 4.74 Å². The summed E-state index contributed by atoms with van der Waals surface area (Å²) in [6.45, 7) is 0. The highest BCUT2D eigenvalue weighted by Gasteiger charge is 2.03. The van der Waals surface area contributed by atoms with Gasteiger partial charge >= 0.3 is 0 Å². The van der Waals surface area contributed by atoms with Gasteiger partial charge in [-0.1, -0.05) is 0 Å². The first-order chi connectivity index (χ1) is 7.76. The molecule has 4 heteroatoms. The zero-order valence-electron chi connectivity index (χ0n) is 9.60. The van der Waals surface area contributed by atoms with Gasteiger partial charge in [-0.25, -0.2) is 0 Å². The molecule has 0 spiro atoms. The van der Waals surface area contributed by atoms with Gasteiger partial charge < -0.3 is 9.30 Å². The minimum Gasteiger partial charge on any atom is -0.497 e. The summed E-state index contributed by atoms with van der Waals surface area (Å²) < 4.78 is 7.23. The average molecular weight is 234 g/mol. The van der Waals surface area contributed by atoms with Crippen molar-refractivity contribution in [3.63, 3.8) is 0 Å². The molecule has 0 aliphatic heterocycles. The number of hydrogen-bond donors (Lipinski definition) is 0. The molecule has 1 aromatic heterocycles. The first kappa shape index (κ1) is 11.0. The van der Waals surface area contributed by atoms with E-state index in [1.807, 2.05) is 26.2 Å². The smallest absolute Gasteiger partial charge is 0.184 e. The maximum atomic E-state index is 5.14. The average Bonchev–Trinajstić information content (AvgIpc) is 2.70. The van der Waals surface area contributed by atoms with E-state index in [0.29, 0.717) is 0 Å². The molecule has 0 atom stereocenters. The van der Waals surface area contributed by atoms with E-state index < -0.39 is 0 Å². The summed E-state index contributed by atoms with van der Waals surface area (Å²) in [7, 11) is 5.51. The topological polar surface area (TPSA) is 26.5 Å². The molecule has 1 heterocycles. The first-order valence-corrected chi connectivity index (χ1v) is 5.86. The van der Waals surface area contributed by atoms with Crippen molar-refractivity contribution in [2.75, 3.05) is 14.2 Å². The van der Waals surface area contributed by atoms with Gasteiger partial charge in [-0.05, 0) is 29.8 Å². The Labute approximate surface area is 98.7 Å². The molecule has 84 valence electrons. The molecule has 3 nitrogen and oxygen atoms in total. The highest BCUT2D eigenvalue weighted by atomic mass is 32.1. The zero-order valence-corrected chi connectivity index (χ0v) is 10.4. The van der Waals surface area contributed by atoms with Gasteiger partial charge in [0.1, 0.15) is 5.75 Å². The molecular weight excluding hydrogens is 220 g/mol. The number of ether oxygens (including phenoxy) is 1. The third-order valence-electron chi connectivity index (χ3n) is 2.50. The van der Waals surface area contributed by atoms with Crippen molar-refractivity contribution in [2.24, 2.45) is 12.0 Å². The Bertz CT molecular complexity index is 537. The lowest BCUT2D eigenvalue weighted by Gasteiger charge is -2.04. The largest absolute Gasteiger partial charge is 0.497 e. The number of nitrogens with zero attached hydrogens (tertiary/aromatic N) is 2. The van der Waals surface area contributed by atoms with Gasteiger partial charge in [0, 0.05) is 19.5 Å². The van der Waals surface area contributed by atoms with E-state index in [9.17, 15) is 0 Å². The lowest BCUT2D eigenvalue weighted by atomic mass is 10.1. The minimum absolute atomic E-state index is 0.877. The normalized spacial score (nSPS) is 11.8. The molecular formula is C12H14N2OS. The maximum Gasteiger partial charge on any atom is 0.184 e. The minimum atomic E-state index is 0.877. The molecule has 0 radical (unpaired) electrons. The number of aromatic nitrogens is 1. The number of rotatable bonds is 2. The summed E-state index contributed by atoms with van der Waals surface area (Å²) in [5.74, 6) is 0.877. The van der Waals surface area contributed by atoms with Crippen LogP contribution in [0.4, 0.5) is 0 Å². The van der Waals surface area contributed by atoms with Crippen LogP contribution in [0.15, 0.2) is 34.6 Å². The van der Waals surface area contributed by atoms with Crippen molar-refractivity contribution >= 4 is 11.3 Å². The Morgan fingerprint density at radius 1 is 1.25 bits per heavy atom. The number of thiazole rings is 1. The van der Waals surface area contributed by atoms with Crippen LogP contribution in [0.5, 0.6) is 5.75 Å². The zero-order chi connectivity index (χ0) is 11.5. The van der Waals surface area contributed by atoms with Gasteiger partial charge in [-0.3, -0.25) is 4.99 Å². The molecule has 0 N–H and O–H groups in total. The third kappa shape index (κ3) is 1.88. The monoisotopic (exact) mass is 234 g/mol. The predicted octanol–water partition coefficient (Wildman–Crippen LogP) is 2.29. The Kier molecular flexibility index (Phi) is 3.10. The summed E-state index contributed by atoms with van der Waals surface area (Å²) in [4.78, 5) is 5.23. The molecule has 0 saturated heterocycles. The predicted molar refractivity (Wildman–Crippen MR) is 66.8 cm³/mol. The number of hydrogen-bond acceptors (Lipinski definition) is 3. The Morgan fingerprint density at radius 2 is 1.94 bits per heavy atom. The van der Waals surface area contributed by atoms with Gasteiger partial charge in [0.2, 0.25) is 0 Å². The van der Waals surface area contributed by atoms with Gasteiger partial charge in [0.15, 0.2) is 4.80 Å². The third-order valence-corrected chi connectivity index (χ3v) is 3.51. The van der Waals surface area contributed by atoms with Gasteiger partial charge in [-0.2, -0.15) is 0 Å². The lowest BCUT2D eigenvalue weighted by Crippen LogP contribution is -2.10. The maximum absolute atomic E-state index is 5.14. The van der Waals surface area contributed by atoms with Crippen LogP contribution in [0.25, 0.3) is 11.3 Å². The van der Waals surface area contributed by atoms with Gasteiger partial charge in [-0.15, -0.1) is 11.3 Å². The molecule has 0 amide bonds. The second-order valence-electron chi connectivity index (χ2n) is 3.41. The molecule has 0 bridgehead atoms. The van der Waals surface area contributed by atoms with Crippen LogP contribution in [0.1, 0.15) is 0 Å². The van der Waals surface area contributed by atoms with E-state index in [2.05, 4.69) is 27.1 Å². The highest BCUT2D eigenvalue weighted by molar-refractivity contribution is 7.07. The molecule has 0 unspecified atom stereocenters. The Morgan fingerprint density at radius 3 is 2.44 bits per heavy atom. The second-order valence-corrected chi connectivity index (χ2v) is 4.25. The molecule has 0 aliphatic rings. The molecule has 0 fully saturated rings. The van der Waals surface area contributed by atoms with Gasteiger partial charge in [0.05, 0.1) is 12.8 Å². The van der Waals surface area contributed by atoms with Crippen molar-refractivity contribution in [3.05, 3.63) is 34.4 Å². The molecule has 0 saturated carbocycles. The SMILES string of the molecule is CN=c1scc(-c2ccc(OC)cc2)n1C. The van der Waals surface area contributed by atoms with E-state index in [4.69, 9.17) is 4.74 Å². The molecule has 2 rings (SSSR count). The second kappa shape index (κ2) is 4.53. The summed E-state index contributed by atoms with van der Waals surface area (Å²) in [5, 5.41) is 2.12. The van der Waals surface area contributed by atoms with Gasteiger partial charge in [0.25, 0.3) is 0 Å².